The molecule has 0 atom stereocenters. The molecule has 4 nitrogen and oxygen atoms in total. The number of nitrogens with two attached hydrogens (primary N) is 1. The van der Waals surface area contributed by atoms with E-state index in [0.717, 1.165) is 5.56 Å². The quantitative estimate of drug-likeness (QED) is 0.872. The van der Waals surface area contributed by atoms with Crippen molar-refractivity contribution in [2.24, 2.45) is 5.73 Å². The van der Waals surface area contributed by atoms with Crippen LogP contribution in [0.15, 0.2) is 34.9 Å². The summed E-state index contributed by atoms with van der Waals surface area (Å²) in [6.45, 7) is 1.67. The Balaban J connectivity index is 0.00000128. The topological polar surface area (TPSA) is 69.1 Å². The first-order chi connectivity index (χ1) is 7.20. The van der Waals surface area contributed by atoms with Crippen molar-refractivity contribution in [2.75, 3.05) is 0 Å². The van der Waals surface area contributed by atoms with Gasteiger partial charge < -0.3 is 10.3 Å². The molecule has 0 fully saturated rings. The Morgan fingerprint density at radius 2 is 1.94 bits per heavy atom. The second kappa shape index (κ2) is 4.81. The Labute approximate surface area is 98.8 Å². The lowest BCUT2D eigenvalue weighted by molar-refractivity contribution is 0.0999. The van der Waals surface area contributed by atoms with E-state index in [2.05, 4.69) is 5.16 Å². The van der Waals surface area contributed by atoms with Crippen molar-refractivity contribution >= 4 is 18.3 Å². The first-order valence-electron chi connectivity index (χ1n) is 4.51. The van der Waals surface area contributed by atoms with Crippen LogP contribution in [0.2, 0.25) is 0 Å². The summed E-state index contributed by atoms with van der Waals surface area (Å²) in [6.07, 6.45) is 0. The van der Waals surface area contributed by atoms with E-state index in [1.807, 2.05) is 30.3 Å². The first kappa shape index (κ1) is 12.3. The maximum atomic E-state index is 11.2. The van der Waals surface area contributed by atoms with Crippen LogP contribution in [0.4, 0.5) is 0 Å². The predicted octanol–water partition coefficient (Wildman–Crippen LogP) is 2.17. The summed E-state index contributed by atoms with van der Waals surface area (Å²) in [5, 5.41) is 3.83. The van der Waals surface area contributed by atoms with Crippen molar-refractivity contribution in [1.29, 1.82) is 0 Å². The SMILES string of the molecule is Cc1onc(-c2ccccc2)c1C(N)=O.Cl. The number of carbonyl (C=O) groups excluding carboxylic acids is 1. The average molecular weight is 239 g/mol. The molecule has 84 valence electrons. The van der Waals surface area contributed by atoms with Gasteiger partial charge in [0.05, 0.1) is 0 Å². The molecular weight excluding hydrogens is 228 g/mol. The van der Waals surface area contributed by atoms with Crippen LogP contribution in [0.5, 0.6) is 0 Å². The molecule has 2 aromatic rings. The summed E-state index contributed by atoms with van der Waals surface area (Å²) in [4.78, 5) is 11.2. The highest BCUT2D eigenvalue weighted by Crippen LogP contribution is 2.24. The molecule has 1 aromatic carbocycles. The zero-order valence-electron chi connectivity index (χ0n) is 8.64. The molecule has 0 spiro atoms. The van der Waals surface area contributed by atoms with Gasteiger partial charge in [0.1, 0.15) is 17.0 Å². The van der Waals surface area contributed by atoms with Gasteiger partial charge in [-0.25, -0.2) is 0 Å². The Morgan fingerprint density at radius 3 is 2.50 bits per heavy atom. The van der Waals surface area contributed by atoms with Crippen LogP contribution < -0.4 is 5.73 Å². The summed E-state index contributed by atoms with van der Waals surface area (Å²) < 4.78 is 4.96. The molecule has 1 amide bonds. The number of halogens is 1. The number of nitrogens with zero attached hydrogens (tertiary/aromatic N) is 1. The van der Waals surface area contributed by atoms with Crippen LogP contribution in [-0.2, 0) is 0 Å². The Kier molecular flexibility index (Phi) is 3.68. The summed E-state index contributed by atoms with van der Waals surface area (Å²) in [7, 11) is 0. The summed E-state index contributed by atoms with van der Waals surface area (Å²) >= 11 is 0. The lowest BCUT2D eigenvalue weighted by Crippen LogP contribution is -2.12. The molecule has 2 rings (SSSR count). The number of benzene rings is 1. The molecule has 2 N–H and O–H groups in total. The molecule has 1 heterocycles. The maximum Gasteiger partial charge on any atom is 0.254 e. The highest BCUT2D eigenvalue weighted by atomic mass is 35.5. The Bertz CT molecular complexity index is 494. The van der Waals surface area contributed by atoms with Crippen molar-refractivity contribution < 1.29 is 9.32 Å². The monoisotopic (exact) mass is 238 g/mol. The van der Waals surface area contributed by atoms with E-state index in [1.165, 1.54) is 0 Å². The first-order valence-corrected chi connectivity index (χ1v) is 4.51. The zero-order valence-corrected chi connectivity index (χ0v) is 9.45. The van der Waals surface area contributed by atoms with E-state index in [1.54, 1.807) is 6.92 Å². The molecule has 0 aliphatic rings. The van der Waals surface area contributed by atoms with E-state index in [4.69, 9.17) is 10.3 Å². The van der Waals surface area contributed by atoms with E-state index in [-0.39, 0.29) is 12.4 Å². The molecule has 0 saturated carbocycles. The average Bonchev–Trinajstić information content (AvgIpc) is 2.61. The third kappa shape index (κ3) is 2.06. The second-order valence-corrected chi connectivity index (χ2v) is 3.19. The van der Waals surface area contributed by atoms with Crippen molar-refractivity contribution in [1.82, 2.24) is 5.16 Å². The number of hydrogen-bond acceptors (Lipinski definition) is 3. The molecule has 0 saturated heterocycles. The van der Waals surface area contributed by atoms with Gasteiger partial charge in [-0.3, -0.25) is 4.79 Å². The Hall–Kier alpha value is -1.81. The van der Waals surface area contributed by atoms with Crippen LogP contribution in [0.3, 0.4) is 0 Å². The standard InChI is InChI=1S/C11H10N2O2.ClH/c1-7-9(11(12)14)10(13-15-7)8-5-3-2-4-6-8;/h2-6H,1H3,(H2,12,14);1H. The molecule has 1 aromatic heterocycles. The van der Waals surface area contributed by atoms with Crippen molar-refractivity contribution in [3.63, 3.8) is 0 Å². The largest absolute Gasteiger partial charge is 0.365 e. The third-order valence-electron chi connectivity index (χ3n) is 2.16. The maximum absolute atomic E-state index is 11.2. The van der Waals surface area contributed by atoms with Crippen LogP contribution in [0.25, 0.3) is 11.3 Å². The van der Waals surface area contributed by atoms with Crippen molar-refractivity contribution in [2.45, 2.75) is 6.92 Å². The fourth-order valence-electron chi connectivity index (χ4n) is 1.46. The zero-order chi connectivity index (χ0) is 10.8. The molecule has 0 aliphatic carbocycles. The number of amides is 1. The van der Waals surface area contributed by atoms with Crippen LogP contribution in [0, 0.1) is 6.92 Å². The number of carbonyl (C=O) groups is 1. The molecule has 0 unspecified atom stereocenters. The fourth-order valence-corrected chi connectivity index (χ4v) is 1.46. The van der Waals surface area contributed by atoms with Gasteiger partial charge in [-0.1, -0.05) is 35.5 Å². The van der Waals surface area contributed by atoms with E-state index in [9.17, 15) is 4.79 Å². The number of aryl methyl sites for hydroxylation is 1. The molecule has 0 bridgehead atoms. The third-order valence-corrected chi connectivity index (χ3v) is 2.16. The van der Waals surface area contributed by atoms with Gasteiger partial charge in [0, 0.05) is 5.56 Å². The summed E-state index contributed by atoms with van der Waals surface area (Å²) in [6, 6.07) is 9.32. The van der Waals surface area contributed by atoms with Gasteiger partial charge in [0.25, 0.3) is 5.91 Å². The molecule has 0 aliphatic heterocycles. The van der Waals surface area contributed by atoms with E-state index >= 15 is 0 Å². The smallest absolute Gasteiger partial charge is 0.254 e. The van der Waals surface area contributed by atoms with E-state index < -0.39 is 5.91 Å². The van der Waals surface area contributed by atoms with Gasteiger partial charge in [0.15, 0.2) is 0 Å². The van der Waals surface area contributed by atoms with Crippen LogP contribution in [0.1, 0.15) is 16.1 Å². The highest BCUT2D eigenvalue weighted by Gasteiger charge is 2.18. The summed E-state index contributed by atoms with van der Waals surface area (Å²) in [5.74, 6) is -0.0750. The van der Waals surface area contributed by atoms with Crippen LogP contribution >= 0.6 is 12.4 Å². The number of primary amides is 1. The Morgan fingerprint density at radius 1 is 1.31 bits per heavy atom. The van der Waals surface area contributed by atoms with Crippen LogP contribution in [-0.4, -0.2) is 11.1 Å². The number of hydrogen-bond donors (Lipinski definition) is 1. The molecular formula is C11H11ClN2O2. The lowest BCUT2D eigenvalue weighted by Gasteiger charge is -1.97. The van der Waals surface area contributed by atoms with Crippen molar-refractivity contribution in [3.8, 4) is 11.3 Å². The fraction of sp³-hybridized carbons (Fsp3) is 0.0909. The van der Waals surface area contributed by atoms with Gasteiger partial charge in [-0.2, -0.15) is 0 Å². The lowest BCUT2D eigenvalue weighted by atomic mass is 10.1. The number of rotatable bonds is 2. The second-order valence-electron chi connectivity index (χ2n) is 3.19. The predicted molar refractivity (Wildman–Crippen MR) is 62.4 cm³/mol. The van der Waals surface area contributed by atoms with Gasteiger partial charge in [-0.05, 0) is 6.92 Å². The summed E-state index contributed by atoms with van der Waals surface area (Å²) in [5.41, 5.74) is 6.93. The van der Waals surface area contributed by atoms with Gasteiger partial charge >= 0.3 is 0 Å². The molecule has 0 radical (unpaired) electrons. The number of aromatic nitrogens is 1. The van der Waals surface area contributed by atoms with E-state index in [0.29, 0.717) is 17.0 Å². The van der Waals surface area contributed by atoms with Gasteiger partial charge in [0.2, 0.25) is 0 Å². The molecule has 5 heteroatoms. The normalized spacial score (nSPS) is 9.56. The van der Waals surface area contributed by atoms with Gasteiger partial charge in [-0.15, -0.1) is 12.4 Å². The minimum atomic E-state index is -0.521. The minimum Gasteiger partial charge on any atom is -0.365 e. The van der Waals surface area contributed by atoms with Crippen molar-refractivity contribution in [3.05, 3.63) is 41.7 Å². The highest BCUT2D eigenvalue weighted by molar-refractivity contribution is 5.99. The minimum absolute atomic E-state index is 0. The molecule has 16 heavy (non-hydrogen) atoms.